The highest BCUT2D eigenvalue weighted by Gasteiger charge is 2.24. The van der Waals surface area contributed by atoms with E-state index >= 15 is 0 Å². The van der Waals surface area contributed by atoms with Gasteiger partial charge >= 0.3 is 0 Å². The molecule has 0 bridgehead atoms. The molecule has 0 radical (unpaired) electrons. The molecule has 5 nitrogen and oxygen atoms in total. The summed E-state index contributed by atoms with van der Waals surface area (Å²) < 4.78 is 0. The van der Waals surface area contributed by atoms with Gasteiger partial charge in [-0.3, -0.25) is 9.59 Å². The van der Waals surface area contributed by atoms with Crippen molar-refractivity contribution in [3.63, 3.8) is 0 Å². The number of carbonyl (C=O) groups is 2. The van der Waals surface area contributed by atoms with Crippen molar-refractivity contribution >= 4 is 35.8 Å². The maximum absolute atomic E-state index is 12.5. The molecule has 1 aromatic carbocycles. The van der Waals surface area contributed by atoms with E-state index < -0.39 is 0 Å². The van der Waals surface area contributed by atoms with Gasteiger partial charge in [-0.05, 0) is 24.6 Å². The number of benzene rings is 1. The van der Waals surface area contributed by atoms with Gasteiger partial charge in [-0.25, -0.2) is 0 Å². The van der Waals surface area contributed by atoms with Crippen molar-refractivity contribution < 1.29 is 9.59 Å². The van der Waals surface area contributed by atoms with Crippen molar-refractivity contribution in [2.24, 2.45) is 11.7 Å². The lowest BCUT2D eigenvalue weighted by molar-refractivity contribution is -0.134. The zero-order valence-corrected chi connectivity index (χ0v) is 14.8. The quantitative estimate of drug-likeness (QED) is 0.897. The Morgan fingerprint density at radius 3 is 2.52 bits per heavy atom. The van der Waals surface area contributed by atoms with Crippen molar-refractivity contribution in [1.82, 2.24) is 9.80 Å². The maximum Gasteiger partial charge on any atom is 0.253 e. The van der Waals surface area contributed by atoms with Gasteiger partial charge in [-0.15, -0.1) is 12.4 Å². The number of hydrogen-bond acceptors (Lipinski definition) is 3. The molecule has 1 heterocycles. The fourth-order valence-electron chi connectivity index (χ4n) is 2.56. The molecule has 0 aromatic heterocycles. The monoisotopic (exact) mass is 359 g/mol. The molecule has 1 aromatic rings. The largest absolute Gasteiger partial charge is 0.341 e. The third-order valence-electron chi connectivity index (χ3n) is 3.94. The van der Waals surface area contributed by atoms with Gasteiger partial charge in [-0.2, -0.15) is 0 Å². The van der Waals surface area contributed by atoms with Crippen molar-refractivity contribution in [3.05, 3.63) is 34.9 Å². The molecule has 1 aliphatic heterocycles. The molecular weight excluding hydrogens is 337 g/mol. The maximum atomic E-state index is 12.5. The first-order valence-corrected chi connectivity index (χ1v) is 7.94. The van der Waals surface area contributed by atoms with Gasteiger partial charge in [0.25, 0.3) is 5.91 Å². The average molecular weight is 360 g/mol. The molecule has 1 aliphatic rings. The number of carbonyl (C=O) groups excluding carboxylic acids is 2. The summed E-state index contributed by atoms with van der Waals surface area (Å²) in [5.74, 6) is -0.140. The van der Waals surface area contributed by atoms with E-state index in [-0.39, 0.29) is 30.1 Å². The smallest absolute Gasteiger partial charge is 0.253 e. The Kier molecular flexibility index (Phi) is 7.82. The van der Waals surface area contributed by atoms with Crippen LogP contribution >= 0.6 is 24.0 Å². The SMILES string of the molecule is CC(CN)C(=O)N1CCCN(C(=O)c2cccc(Cl)c2)CC1.Cl. The van der Waals surface area contributed by atoms with E-state index in [4.69, 9.17) is 17.3 Å². The Bertz CT molecular complexity index is 554. The van der Waals surface area contributed by atoms with Gasteiger partial charge in [0, 0.05) is 49.2 Å². The second kappa shape index (κ2) is 9.11. The third kappa shape index (κ3) is 5.09. The molecule has 2 amide bonds. The number of rotatable bonds is 3. The number of amides is 2. The van der Waals surface area contributed by atoms with Crippen LogP contribution in [-0.2, 0) is 4.79 Å². The lowest BCUT2D eigenvalue weighted by Crippen LogP contribution is -2.41. The predicted molar refractivity (Wildman–Crippen MR) is 94.0 cm³/mol. The Morgan fingerprint density at radius 1 is 1.22 bits per heavy atom. The van der Waals surface area contributed by atoms with Crippen LogP contribution in [0.4, 0.5) is 0 Å². The fourth-order valence-corrected chi connectivity index (χ4v) is 2.75. The second-order valence-corrected chi connectivity index (χ2v) is 6.05. The summed E-state index contributed by atoms with van der Waals surface area (Å²) in [5.41, 5.74) is 6.15. The van der Waals surface area contributed by atoms with Gasteiger partial charge < -0.3 is 15.5 Å². The van der Waals surface area contributed by atoms with Gasteiger partial charge in [-0.1, -0.05) is 24.6 Å². The van der Waals surface area contributed by atoms with Crippen LogP contribution < -0.4 is 5.73 Å². The molecule has 7 heteroatoms. The van der Waals surface area contributed by atoms with Crippen LogP contribution in [0.15, 0.2) is 24.3 Å². The van der Waals surface area contributed by atoms with Crippen LogP contribution in [0.1, 0.15) is 23.7 Å². The van der Waals surface area contributed by atoms with Crippen molar-refractivity contribution in [2.45, 2.75) is 13.3 Å². The summed E-state index contributed by atoms with van der Waals surface area (Å²) in [4.78, 5) is 28.3. The Hall–Kier alpha value is -1.30. The van der Waals surface area contributed by atoms with Crippen LogP contribution in [0.5, 0.6) is 0 Å². The van der Waals surface area contributed by atoms with Gasteiger partial charge in [0.1, 0.15) is 0 Å². The Balaban J connectivity index is 0.00000264. The molecule has 1 unspecified atom stereocenters. The van der Waals surface area contributed by atoms with E-state index in [1.54, 1.807) is 29.2 Å². The zero-order valence-electron chi connectivity index (χ0n) is 13.2. The summed E-state index contributed by atoms with van der Waals surface area (Å²) >= 11 is 5.94. The van der Waals surface area contributed by atoms with Gasteiger partial charge in [0.05, 0.1) is 0 Å². The lowest BCUT2D eigenvalue weighted by Gasteiger charge is -2.24. The highest BCUT2D eigenvalue weighted by atomic mass is 35.5. The summed E-state index contributed by atoms with van der Waals surface area (Å²) in [7, 11) is 0. The summed E-state index contributed by atoms with van der Waals surface area (Å²) in [6.45, 7) is 4.58. The minimum absolute atomic E-state index is 0. The van der Waals surface area contributed by atoms with E-state index in [9.17, 15) is 9.59 Å². The van der Waals surface area contributed by atoms with Crippen molar-refractivity contribution in [1.29, 1.82) is 0 Å². The van der Waals surface area contributed by atoms with Crippen LogP contribution in [-0.4, -0.2) is 54.3 Å². The molecule has 128 valence electrons. The van der Waals surface area contributed by atoms with Crippen LogP contribution in [0.3, 0.4) is 0 Å². The second-order valence-electron chi connectivity index (χ2n) is 5.62. The number of nitrogens with zero attached hydrogens (tertiary/aromatic N) is 2. The Labute approximate surface area is 148 Å². The first kappa shape index (κ1) is 19.7. The normalized spacial score (nSPS) is 16.3. The highest BCUT2D eigenvalue weighted by molar-refractivity contribution is 6.30. The molecule has 0 saturated carbocycles. The topological polar surface area (TPSA) is 66.6 Å². The molecular formula is C16H23Cl2N3O2. The first-order valence-electron chi connectivity index (χ1n) is 7.56. The number of hydrogen-bond donors (Lipinski definition) is 1. The minimum atomic E-state index is -0.171. The molecule has 0 spiro atoms. The highest BCUT2D eigenvalue weighted by Crippen LogP contribution is 2.15. The van der Waals surface area contributed by atoms with Crippen molar-refractivity contribution in [2.75, 3.05) is 32.7 Å². The van der Waals surface area contributed by atoms with E-state index in [0.717, 1.165) is 6.42 Å². The lowest BCUT2D eigenvalue weighted by atomic mass is 10.1. The van der Waals surface area contributed by atoms with Gasteiger partial charge in [0.15, 0.2) is 0 Å². The zero-order chi connectivity index (χ0) is 16.1. The molecule has 23 heavy (non-hydrogen) atoms. The van der Waals surface area contributed by atoms with Crippen molar-refractivity contribution in [3.8, 4) is 0 Å². The first-order chi connectivity index (χ1) is 10.5. The third-order valence-corrected chi connectivity index (χ3v) is 4.18. The summed E-state index contributed by atoms with van der Waals surface area (Å²) in [6, 6.07) is 6.95. The summed E-state index contributed by atoms with van der Waals surface area (Å²) in [6.07, 6.45) is 0.773. The predicted octanol–water partition coefficient (Wildman–Crippen LogP) is 2.03. The van der Waals surface area contributed by atoms with E-state index in [0.29, 0.717) is 43.3 Å². The molecule has 2 rings (SSSR count). The summed E-state index contributed by atoms with van der Waals surface area (Å²) in [5, 5.41) is 0.550. The van der Waals surface area contributed by atoms with Crippen LogP contribution in [0.2, 0.25) is 5.02 Å². The van der Waals surface area contributed by atoms with E-state index in [2.05, 4.69) is 0 Å². The van der Waals surface area contributed by atoms with Gasteiger partial charge in [0.2, 0.25) is 5.91 Å². The minimum Gasteiger partial charge on any atom is -0.341 e. The molecule has 1 saturated heterocycles. The molecule has 1 fully saturated rings. The standard InChI is InChI=1S/C16H22ClN3O2.ClH/c1-12(11-18)15(21)19-6-3-7-20(9-8-19)16(22)13-4-2-5-14(17)10-13;/h2,4-5,10,12H,3,6-9,11,18H2,1H3;1H. The van der Waals surface area contributed by atoms with Crippen LogP contribution in [0, 0.1) is 5.92 Å². The average Bonchev–Trinajstić information content (AvgIpc) is 2.78. The molecule has 1 atom stereocenters. The molecule has 0 aliphatic carbocycles. The number of nitrogens with two attached hydrogens (primary N) is 1. The number of halogens is 2. The van der Waals surface area contributed by atoms with E-state index in [1.165, 1.54) is 0 Å². The van der Waals surface area contributed by atoms with Crippen LogP contribution in [0.25, 0.3) is 0 Å². The molecule has 2 N–H and O–H groups in total. The fraction of sp³-hybridized carbons (Fsp3) is 0.500. The van der Waals surface area contributed by atoms with E-state index in [1.807, 2.05) is 11.8 Å². The Morgan fingerprint density at radius 2 is 1.87 bits per heavy atom.